The third kappa shape index (κ3) is 20.3. The second kappa shape index (κ2) is 34.4. The maximum atomic E-state index is 9.60. The van der Waals surface area contributed by atoms with Gasteiger partial charge in [-0.25, -0.2) is 0 Å². The number of nitrogens with zero attached hydrogens (tertiary/aromatic N) is 5. The van der Waals surface area contributed by atoms with Crippen molar-refractivity contribution in [3.63, 3.8) is 0 Å². The lowest BCUT2D eigenvalue weighted by Gasteiger charge is -2.30. The SMILES string of the molecule is CC(C)N(C)CCc1c[nH]c2ccc(O)cc12.CC(C)N(CCc1c[nH]c2ccc(O)cc12)C(C)C.CCCN(C)CCc1c[nH]c2ccc(O)cc12.CCN(CC)CCc1c[nH]c2ccc(O)cc12.CCN(CCc1c[nH]c2ccc(O)cc12)C(C)C. The first kappa shape index (κ1) is 69.7. The Bertz CT molecular complexity index is 3550. The van der Waals surface area contributed by atoms with Crippen LogP contribution >= 0.6 is 0 Å². The van der Waals surface area contributed by atoms with Crippen molar-refractivity contribution in [2.24, 2.45) is 0 Å². The summed E-state index contributed by atoms with van der Waals surface area (Å²) in [4.78, 5) is 28.2. The zero-order valence-corrected chi connectivity index (χ0v) is 55.4. The summed E-state index contributed by atoms with van der Waals surface area (Å²) in [5, 5.41) is 53.4. The number of rotatable bonds is 24. The van der Waals surface area contributed by atoms with E-state index in [2.05, 4.69) is 159 Å². The van der Waals surface area contributed by atoms with E-state index in [0.717, 1.165) is 146 Å². The molecule has 0 spiro atoms. The summed E-state index contributed by atoms with van der Waals surface area (Å²) in [6.45, 7) is 36.2. The number of nitrogens with one attached hydrogen (secondary N) is 5. The number of likely N-dealkylation sites (N-methyl/N-ethyl adjacent to an activating group) is 4. The first-order valence-corrected chi connectivity index (χ1v) is 32.2. The van der Waals surface area contributed by atoms with Crippen molar-refractivity contribution in [2.45, 2.75) is 146 Å². The Labute approximate surface area is 524 Å². The minimum atomic E-state index is 0.329. The quantitative estimate of drug-likeness (QED) is 0.0278. The molecule has 0 atom stereocenters. The van der Waals surface area contributed by atoms with Crippen molar-refractivity contribution in [3.05, 3.63) is 150 Å². The van der Waals surface area contributed by atoms with Crippen LogP contribution in [-0.4, -0.2) is 172 Å². The standard InChI is InChI=1S/C16H24N2O.C15H22N2O.3C14H20N2O/c1-11(2)18(12(3)4)8-7-13-10-17-16-6-5-14(19)9-15(13)16;1-4-17(11(2)3)8-7-12-10-16-15-6-5-13(18)9-14(12)15;1-10(2)16(3)7-6-11-9-15-14-5-4-12(17)8-13(11)14;1-3-7-16(2)8-6-11-10-15-14-5-4-12(17)9-13(11)14;1-3-16(4-2)8-7-11-10-15-14-6-5-12(17)9-13(11)14/h5-6,9-12,17,19H,7-8H2,1-4H3;5-6,9-11,16,18H,4,7-8H2,1-3H3;4-5,8-10,15,17H,6-7H2,1-3H3;4-5,9-10,15,17H,3,6-8H2,1-2H3;5-6,9-10,15,17H,3-4,7-8H2,1-2H3. The van der Waals surface area contributed by atoms with Gasteiger partial charge in [0.25, 0.3) is 0 Å². The molecule has 0 saturated carbocycles. The van der Waals surface area contributed by atoms with E-state index in [-0.39, 0.29) is 0 Å². The van der Waals surface area contributed by atoms with Gasteiger partial charge in [-0.05, 0) is 253 Å². The average molecular weight is 1200 g/mol. The van der Waals surface area contributed by atoms with Crippen LogP contribution in [0.3, 0.4) is 0 Å². The van der Waals surface area contributed by atoms with Crippen LogP contribution in [0.1, 0.15) is 117 Å². The van der Waals surface area contributed by atoms with E-state index in [0.29, 0.717) is 52.9 Å². The molecule has 0 aliphatic heterocycles. The van der Waals surface area contributed by atoms with E-state index in [1.54, 1.807) is 30.3 Å². The van der Waals surface area contributed by atoms with Crippen molar-refractivity contribution < 1.29 is 25.5 Å². The number of benzene rings is 5. The lowest BCUT2D eigenvalue weighted by atomic mass is 10.1. The first-order chi connectivity index (χ1) is 42.1. The third-order valence-corrected chi connectivity index (χ3v) is 17.1. The summed E-state index contributed by atoms with van der Waals surface area (Å²) < 4.78 is 0. The van der Waals surface area contributed by atoms with Crippen LogP contribution in [-0.2, 0) is 32.1 Å². The summed E-state index contributed by atoms with van der Waals surface area (Å²) in [7, 11) is 4.28. The van der Waals surface area contributed by atoms with Crippen molar-refractivity contribution in [1.29, 1.82) is 0 Å². The highest BCUT2D eigenvalue weighted by molar-refractivity contribution is 5.87. The molecule has 10 N–H and O–H groups in total. The van der Waals surface area contributed by atoms with E-state index in [4.69, 9.17) is 0 Å². The molecule has 15 nitrogen and oxygen atoms in total. The zero-order valence-electron chi connectivity index (χ0n) is 55.4. The summed E-state index contributed by atoms with van der Waals surface area (Å²) in [5.74, 6) is 1.66. The number of fused-ring (bicyclic) bond motifs is 5. The van der Waals surface area contributed by atoms with Crippen LogP contribution < -0.4 is 0 Å². The molecule has 0 fully saturated rings. The Morgan fingerprint density at radius 2 is 0.648 bits per heavy atom. The minimum absolute atomic E-state index is 0.329. The Morgan fingerprint density at radius 3 is 0.932 bits per heavy atom. The van der Waals surface area contributed by atoms with E-state index in [1.165, 1.54) is 34.2 Å². The monoisotopic (exact) mass is 1200 g/mol. The summed E-state index contributed by atoms with van der Waals surface area (Å²) in [6, 6.07) is 29.6. The van der Waals surface area contributed by atoms with Gasteiger partial charge in [-0.15, -0.1) is 0 Å². The van der Waals surface area contributed by atoms with Gasteiger partial charge in [0.05, 0.1) is 0 Å². The first-order valence-electron chi connectivity index (χ1n) is 32.2. The molecule has 0 unspecified atom stereocenters. The van der Waals surface area contributed by atoms with E-state index >= 15 is 0 Å². The zero-order chi connectivity index (χ0) is 64.0. The predicted molar refractivity (Wildman–Crippen MR) is 371 cm³/mol. The smallest absolute Gasteiger partial charge is 0.116 e. The van der Waals surface area contributed by atoms with Gasteiger partial charge in [0.2, 0.25) is 0 Å². The molecule has 0 aliphatic carbocycles. The second-order valence-corrected chi connectivity index (χ2v) is 24.5. The van der Waals surface area contributed by atoms with E-state index < -0.39 is 0 Å². The molecule has 5 aromatic heterocycles. The number of phenols is 5. The molecular weight excluding hydrogens is 1100 g/mol. The maximum Gasteiger partial charge on any atom is 0.116 e. The Morgan fingerprint density at radius 1 is 0.341 bits per heavy atom. The van der Waals surface area contributed by atoms with Gasteiger partial charge < -0.3 is 70.1 Å². The largest absolute Gasteiger partial charge is 0.508 e. The number of aromatic nitrogens is 5. The van der Waals surface area contributed by atoms with Gasteiger partial charge >= 0.3 is 0 Å². The fourth-order valence-corrected chi connectivity index (χ4v) is 11.5. The summed E-state index contributed by atoms with van der Waals surface area (Å²) >= 11 is 0. The van der Waals surface area contributed by atoms with Crippen molar-refractivity contribution in [1.82, 2.24) is 49.4 Å². The lowest BCUT2D eigenvalue weighted by molar-refractivity contribution is 0.177. The molecule has 10 aromatic rings. The number of aromatic amines is 5. The molecule has 10 rings (SSSR count). The maximum absolute atomic E-state index is 9.60. The number of phenolic OH excluding ortho intramolecular Hbond substituents is 5. The molecule has 0 amide bonds. The van der Waals surface area contributed by atoms with Gasteiger partial charge in [-0.1, -0.05) is 27.7 Å². The molecule has 0 bridgehead atoms. The number of hydrogen-bond donors (Lipinski definition) is 10. The highest BCUT2D eigenvalue weighted by atomic mass is 16.3. The van der Waals surface area contributed by atoms with Gasteiger partial charge in [-0.2, -0.15) is 0 Å². The number of aromatic hydroxyl groups is 5. The van der Waals surface area contributed by atoms with Crippen LogP contribution in [0.5, 0.6) is 28.7 Å². The molecule has 0 aliphatic rings. The fourth-order valence-electron chi connectivity index (χ4n) is 11.5. The molecule has 5 heterocycles. The van der Waals surface area contributed by atoms with E-state index in [9.17, 15) is 25.5 Å². The Hall–Kier alpha value is -7.40. The molecule has 478 valence electrons. The van der Waals surface area contributed by atoms with Crippen molar-refractivity contribution in [2.75, 3.05) is 73.0 Å². The van der Waals surface area contributed by atoms with Crippen molar-refractivity contribution >= 4 is 54.5 Å². The van der Waals surface area contributed by atoms with Gasteiger partial charge in [0, 0.05) is 142 Å². The normalized spacial score (nSPS) is 11.8. The van der Waals surface area contributed by atoms with E-state index in [1.807, 2.05) is 79.3 Å². The third-order valence-electron chi connectivity index (χ3n) is 17.1. The molecule has 0 radical (unpaired) electrons. The topological polar surface area (TPSA) is 196 Å². The number of H-pyrrole nitrogens is 5. The molecule has 88 heavy (non-hydrogen) atoms. The highest BCUT2D eigenvalue weighted by Gasteiger charge is 2.16. The molecule has 15 heteroatoms. The van der Waals surface area contributed by atoms with Gasteiger partial charge in [0.15, 0.2) is 0 Å². The Balaban J connectivity index is 0.000000176. The molecule has 5 aromatic carbocycles. The summed E-state index contributed by atoms with van der Waals surface area (Å²) in [6.07, 6.45) is 16.5. The molecular formula is C73H106N10O5. The highest BCUT2D eigenvalue weighted by Crippen LogP contribution is 2.28. The van der Waals surface area contributed by atoms with Crippen LogP contribution in [0.25, 0.3) is 54.5 Å². The summed E-state index contributed by atoms with van der Waals surface area (Å²) in [5.41, 5.74) is 11.8. The van der Waals surface area contributed by atoms with Crippen LogP contribution in [0, 0.1) is 0 Å². The minimum Gasteiger partial charge on any atom is -0.508 e. The van der Waals surface area contributed by atoms with Gasteiger partial charge in [-0.3, -0.25) is 4.90 Å². The van der Waals surface area contributed by atoms with Crippen LogP contribution in [0.4, 0.5) is 0 Å². The fraction of sp³-hybridized carbons (Fsp3) is 0.452. The van der Waals surface area contributed by atoms with Crippen molar-refractivity contribution in [3.8, 4) is 28.7 Å². The molecule has 0 saturated heterocycles. The second-order valence-electron chi connectivity index (χ2n) is 24.5. The number of hydrogen-bond acceptors (Lipinski definition) is 10. The van der Waals surface area contributed by atoms with Crippen LogP contribution in [0.15, 0.2) is 122 Å². The predicted octanol–water partition coefficient (Wildman–Crippen LogP) is 15.0. The van der Waals surface area contributed by atoms with Gasteiger partial charge in [0.1, 0.15) is 28.7 Å². The average Bonchev–Trinajstić information content (AvgIpc) is 2.82. The Kier molecular flexibility index (Phi) is 27.2. The van der Waals surface area contributed by atoms with Crippen LogP contribution in [0.2, 0.25) is 0 Å². The lowest BCUT2D eigenvalue weighted by Crippen LogP contribution is -2.38.